The van der Waals surface area contributed by atoms with E-state index < -0.39 is 0 Å². The van der Waals surface area contributed by atoms with Crippen LogP contribution in [0.15, 0.2) is 34.9 Å². The summed E-state index contributed by atoms with van der Waals surface area (Å²) in [6.07, 6.45) is 2.30. The fourth-order valence-corrected chi connectivity index (χ4v) is 5.28. The summed E-state index contributed by atoms with van der Waals surface area (Å²) < 4.78 is 17.2. The zero-order valence-corrected chi connectivity index (χ0v) is 20.3. The first-order valence-electron chi connectivity index (χ1n) is 11.9. The van der Waals surface area contributed by atoms with Gasteiger partial charge in [0.2, 0.25) is 0 Å². The third kappa shape index (κ3) is 3.55. The molecule has 2 aliphatic heterocycles. The number of carbonyl (C=O) groups is 1. The first-order chi connectivity index (χ1) is 16.5. The molecule has 34 heavy (non-hydrogen) atoms. The molecule has 2 atom stereocenters. The largest absolute Gasteiger partial charge is 0.496 e. The van der Waals surface area contributed by atoms with Crippen molar-refractivity contribution in [2.24, 2.45) is 0 Å². The van der Waals surface area contributed by atoms with Gasteiger partial charge in [0, 0.05) is 24.7 Å². The summed E-state index contributed by atoms with van der Waals surface area (Å²) in [6.45, 7) is 6.61. The number of hydrogen-bond donors (Lipinski definition) is 2. The number of rotatable bonds is 7. The van der Waals surface area contributed by atoms with Crippen LogP contribution in [-0.4, -0.2) is 31.8 Å². The highest BCUT2D eigenvalue weighted by atomic mass is 16.5. The maximum Gasteiger partial charge on any atom is 0.274 e. The topological polar surface area (TPSA) is 85.6 Å². The molecule has 7 heteroatoms. The summed E-state index contributed by atoms with van der Waals surface area (Å²) in [7, 11) is 3.27. The Labute approximate surface area is 199 Å². The van der Waals surface area contributed by atoms with Crippen LogP contribution in [0.1, 0.15) is 78.8 Å². The summed E-state index contributed by atoms with van der Waals surface area (Å²) in [5.41, 5.74) is 6.27. The van der Waals surface area contributed by atoms with E-state index in [-0.39, 0.29) is 17.5 Å². The molecule has 178 valence electrons. The molecule has 2 unspecified atom stereocenters. The van der Waals surface area contributed by atoms with Crippen LogP contribution in [0.2, 0.25) is 0 Å². The van der Waals surface area contributed by atoms with Gasteiger partial charge in [0.1, 0.15) is 11.5 Å². The molecule has 2 bridgehead atoms. The molecule has 0 saturated carbocycles. The average molecular weight is 462 g/mol. The molecule has 7 nitrogen and oxygen atoms in total. The number of aromatic nitrogens is 1. The molecular weight excluding hydrogens is 430 g/mol. The molecule has 0 aliphatic carbocycles. The van der Waals surface area contributed by atoms with Gasteiger partial charge in [-0.3, -0.25) is 4.79 Å². The Morgan fingerprint density at radius 3 is 2.53 bits per heavy atom. The van der Waals surface area contributed by atoms with Crippen LogP contribution in [0.25, 0.3) is 22.5 Å². The molecule has 3 aromatic rings. The van der Waals surface area contributed by atoms with Crippen LogP contribution in [0.4, 0.5) is 0 Å². The SMILES string of the molecule is CCNC(=O)c1noc(-c2cc(C(C)C)c(OC)cc2OC)c1-c1ccc2c(c1)C1CCC2N1. The van der Waals surface area contributed by atoms with Crippen molar-refractivity contribution in [3.8, 4) is 33.9 Å². The minimum atomic E-state index is -0.260. The predicted octanol–water partition coefficient (Wildman–Crippen LogP) is 5.38. The molecule has 5 rings (SSSR count). The maximum atomic E-state index is 13.0. The first-order valence-corrected chi connectivity index (χ1v) is 11.9. The van der Waals surface area contributed by atoms with Crippen molar-refractivity contribution in [3.05, 3.63) is 52.7 Å². The van der Waals surface area contributed by atoms with Crippen LogP contribution in [-0.2, 0) is 0 Å². The highest BCUT2D eigenvalue weighted by Gasteiger charge is 2.37. The summed E-state index contributed by atoms with van der Waals surface area (Å²) in [6, 6.07) is 11.1. The van der Waals surface area contributed by atoms with E-state index in [1.54, 1.807) is 14.2 Å². The Bertz CT molecular complexity index is 1250. The van der Waals surface area contributed by atoms with Crippen molar-refractivity contribution in [3.63, 3.8) is 0 Å². The number of nitrogens with zero attached hydrogens (tertiary/aromatic N) is 1. The number of methoxy groups -OCH3 is 2. The van der Waals surface area contributed by atoms with Gasteiger partial charge in [-0.25, -0.2) is 0 Å². The van der Waals surface area contributed by atoms with Gasteiger partial charge >= 0.3 is 0 Å². The lowest BCUT2D eigenvalue weighted by molar-refractivity contribution is 0.0947. The normalized spacial score (nSPS) is 18.3. The fourth-order valence-electron chi connectivity index (χ4n) is 5.28. The smallest absolute Gasteiger partial charge is 0.274 e. The first kappa shape index (κ1) is 22.5. The molecule has 0 radical (unpaired) electrons. The molecule has 1 aromatic heterocycles. The molecule has 1 saturated heterocycles. The van der Waals surface area contributed by atoms with Gasteiger partial charge in [-0.05, 0) is 60.1 Å². The second-order valence-electron chi connectivity index (χ2n) is 9.24. The zero-order valence-electron chi connectivity index (χ0n) is 20.3. The predicted molar refractivity (Wildman–Crippen MR) is 130 cm³/mol. The standard InChI is InChI=1S/C27H31N3O4/c1-6-28-27(31)25-24(15-7-8-16-18(11-15)21-10-9-20(16)29-21)26(34-30-25)19-12-17(14(2)3)22(32-4)13-23(19)33-5/h7-8,11-14,20-21,29H,6,9-10H2,1-5H3,(H,28,31). The van der Waals surface area contributed by atoms with Gasteiger partial charge in [-0.2, -0.15) is 0 Å². The van der Waals surface area contributed by atoms with Gasteiger partial charge < -0.3 is 24.6 Å². The summed E-state index contributed by atoms with van der Waals surface area (Å²) in [5.74, 6) is 1.82. The van der Waals surface area contributed by atoms with Crippen LogP contribution >= 0.6 is 0 Å². The fraction of sp³-hybridized carbons (Fsp3) is 0.407. The molecular formula is C27H31N3O4. The lowest BCUT2D eigenvalue weighted by Crippen LogP contribution is -2.23. The van der Waals surface area contributed by atoms with Crippen molar-refractivity contribution in [1.82, 2.24) is 15.8 Å². The Morgan fingerprint density at radius 2 is 1.85 bits per heavy atom. The molecule has 1 fully saturated rings. The van der Waals surface area contributed by atoms with Gasteiger partial charge in [0.25, 0.3) is 5.91 Å². The summed E-state index contributed by atoms with van der Waals surface area (Å²) >= 11 is 0. The zero-order chi connectivity index (χ0) is 24.0. The van der Waals surface area contributed by atoms with Gasteiger partial charge in [0.05, 0.1) is 25.3 Å². The Balaban J connectivity index is 1.72. The van der Waals surface area contributed by atoms with Gasteiger partial charge in [-0.15, -0.1) is 0 Å². The highest BCUT2D eigenvalue weighted by molar-refractivity contribution is 6.02. The minimum Gasteiger partial charge on any atom is -0.496 e. The van der Waals surface area contributed by atoms with Crippen molar-refractivity contribution in [1.29, 1.82) is 0 Å². The third-order valence-electron chi connectivity index (χ3n) is 6.94. The van der Waals surface area contributed by atoms with Crippen molar-refractivity contribution in [2.45, 2.75) is 51.6 Å². The molecule has 2 aliphatic rings. The number of hydrogen-bond acceptors (Lipinski definition) is 6. The number of amides is 1. The van der Waals surface area contributed by atoms with E-state index in [4.69, 9.17) is 14.0 Å². The van der Waals surface area contributed by atoms with Crippen LogP contribution in [0.3, 0.4) is 0 Å². The van der Waals surface area contributed by atoms with Gasteiger partial charge in [-0.1, -0.05) is 31.1 Å². The number of nitrogens with one attached hydrogen (secondary N) is 2. The average Bonchev–Trinajstić information content (AvgIpc) is 3.58. The van der Waals surface area contributed by atoms with E-state index in [0.717, 1.165) is 28.9 Å². The van der Waals surface area contributed by atoms with E-state index in [9.17, 15) is 4.79 Å². The van der Waals surface area contributed by atoms with Crippen LogP contribution in [0, 0.1) is 0 Å². The lowest BCUT2D eigenvalue weighted by Gasteiger charge is -2.17. The number of ether oxygens (including phenoxy) is 2. The van der Waals surface area contributed by atoms with Crippen molar-refractivity contribution >= 4 is 5.91 Å². The summed E-state index contributed by atoms with van der Waals surface area (Å²) in [5, 5.41) is 10.8. The number of benzene rings is 2. The molecule has 2 aromatic carbocycles. The molecule has 2 N–H and O–H groups in total. The molecule has 3 heterocycles. The van der Waals surface area contributed by atoms with Crippen molar-refractivity contribution < 1.29 is 18.8 Å². The second kappa shape index (κ2) is 8.80. The Hall–Kier alpha value is -3.32. The van der Waals surface area contributed by atoms with Crippen LogP contribution in [0.5, 0.6) is 11.5 Å². The number of fused-ring (bicyclic) bond motifs is 5. The van der Waals surface area contributed by atoms with Gasteiger partial charge in [0.15, 0.2) is 11.5 Å². The van der Waals surface area contributed by atoms with E-state index in [2.05, 4.69) is 47.8 Å². The summed E-state index contributed by atoms with van der Waals surface area (Å²) in [4.78, 5) is 13.0. The van der Waals surface area contributed by atoms with E-state index in [1.165, 1.54) is 17.5 Å². The monoisotopic (exact) mass is 461 g/mol. The Kier molecular flexibility index (Phi) is 5.81. The lowest BCUT2D eigenvalue weighted by atomic mass is 9.88. The quantitative estimate of drug-likeness (QED) is 0.491. The van der Waals surface area contributed by atoms with E-state index in [0.29, 0.717) is 35.7 Å². The maximum absolute atomic E-state index is 13.0. The second-order valence-corrected chi connectivity index (χ2v) is 9.24. The van der Waals surface area contributed by atoms with E-state index >= 15 is 0 Å². The molecule has 0 spiro atoms. The van der Waals surface area contributed by atoms with Crippen molar-refractivity contribution in [2.75, 3.05) is 20.8 Å². The number of carbonyl (C=O) groups excluding carboxylic acids is 1. The third-order valence-corrected chi connectivity index (χ3v) is 6.94. The Morgan fingerprint density at radius 1 is 1.12 bits per heavy atom. The van der Waals surface area contributed by atoms with Crippen LogP contribution < -0.4 is 20.1 Å². The van der Waals surface area contributed by atoms with E-state index in [1.807, 2.05) is 19.1 Å². The molecule has 1 amide bonds. The minimum absolute atomic E-state index is 0.218. The highest BCUT2D eigenvalue weighted by Crippen LogP contribution is 2.48.